The first-order chi connectivity index (χ1) is 7.45. The Morgan fingerprint density at radius 3 is 2.62 bits per heavy atom. The molecule has 94 valence electrons. The summed E-state index contributed by atoms with van der Waals surface area (Å²) in [6.45, 7) is 1.59. The number of aliphatic hydroxyl groups excluding tert-OH is 1. The number of hydrogen-bond donors (Lipinski definition) is 1. The first-order valence-electron chi connectivity index (χ1n) is 6.01. The van der Waals surface area contributed by atoms with Crippen LogP contribution in [0.3, 0.4) is 0 Å². The molecule has 1 N–H and O–H groups in total. The smallest absolute Gasteiger partial charge is 0.211 e. The maximum Gasteiger partial charge on any atom is 0.211 e. The van der Waals surface area contributed by atoms with Gasteiger partial charge in [-0.15, -0.1) is 0 Å². The fraction of sp³-hybridized carbons (Fsp3) is 1.00. The third kappa shape index (κ3) is 2.76. The standard InChI is InChI=1S/C11H21NO3S/c1-16(14,15)12-6-2-3-10(8-12)7-11(9-13)4-5-11/h10,13H,2-9H2,1H3. The minimum atomic E-state index is -3.03. The van der Waals surface area contributed by atoms with E-state index in [1.165, 1.54) is 6.26 Å². The highest BCUT2D eigenvalue weighted by Crippen LogP contribution is 2.51. The highest BCUT2D eigenvalue weighted by Gasteiger charge is 2.44. The van der Waals surface area contributed by atoms with Crippen LogP contribution in [0.25, 0.3) is 0 Å². The summed E-state index contributed by atoms with van der Waals surface area (Å²) < 4.78 is 24.5. The first kappa shape index (κ1) is 12.3. The molecule has 0 spiro atoms. The van der Waals surface area contributed by atoms with E-state index in [-0.39, 0.29) is 12.0 Å². The number of sulfonamides is 1. The van der Waals surface area contributed by atoms with Crippen molar-refractivity contribution in [3.05, 3.63) is 0 Å². The molecule has 5 heteroatoms. The van der Waals surface area contributed by atoms with Crippen molar-refractivity contribution in [1.82, 2.24) is 4.31 Å². The van der Waals surface area contributed by atoms with E-state index in [0.717, 1.165) is 32.1 Å². The van der Waals surface area contributed by atoms with Crippen LogP contribution in [0.2, 0.25) is 0 Å². The van der Waals surface area contributed by atoms with E-state index < -0.39 is 10.0 Å². The van der Waals surface area contributed by atoms with Gasteiger partial charge >= 0.3 is 0 Å². The highest BCUT2D eigenvalue weighted by molar-refractivity contribution is 7.88. The zero-order valence-electron chi connectivity index (χ0n) is 9.85. The normalized spacial score (nSPS) is 30.2. The Labute approximate surface area is 97.7 Å². The predicted molar refractivity (Wildman–Crippen MR) is 62.5 cm³/mol. The third-order valence-electron chi connectivity index (χ3n) is 3.96. The number of nitrogens with zero attached hydrogens (tertiary/aromatic N) is 1. The molecule has 2 rings (SSSR count). The topological polar surface area (TPSA) is 57.6 Å². The van der Waals surface area contributed by atoms with Gasteiger partial charge < -0.3 is 5.11 Å². The van der Waals surface area contributed by atoms with Crippen LogP contribution in [-0.2, 0) is 10.0 Å². The summed E-state index contributed by atoms with van der Waals surface area (Å²) >= 11 is 0. The Kier molecular flexibility index (Phi) is 3.29. The second-order valence-electron chi connectivity index (χ2n) is 5.49. The molecule has 2 aliphatic rings. The third-order valence-corrected chi connectivity index (χ3v) is 5.23. The molecule has 0 bridgehead atoms. The van der Waals surface area contributed by atoms with Gasteiger partial charge in [0, 0.05) is 19.7 Å². The maximum absolute atomic E-state index is 11.5. The van der Waals surface area contributed by atoms with E-state index in [0.29, 0.717) is 19.0 Å². The molecule has 0 aromatic heterocycles. The minimum absolute atomic E-state index is 0.144. The van der Waals surface area contributed by atoms with Crippen LogP contribution in [0, 0.1) is 11.3 Å². The quantitative estimate of drug-likeness (QED) is 0.800. The van der Waals surface area contributed by atoms with Gasteiger partial charge in [0.1, 0.15) is 0 Å². The lowest BCUT2D eigenvalue weighted by atomic mass is 9.87. The molecule has 0 aromatic rings. The van der Waals surface area contributed by atoms with Gasteiger partial charge in [0.15, 0.2) is 0 Å². The molecule has 2 fully saturated rings. The number of piperidine rings is 1. The van der Waals surface area contributed by atoms with E-state index in [9.17, 15) is 13.5 Å². The zero-order valence-corrected chi connectivity index (χ0v) is 10.7. The summed E-state index contributed by atoms with van der Waals surface area (Å²) in [7, 11) is -3.03. The lowest BCUT2D eigenvalue weighted by molar-refractivity contribution is 0.158. The largest absolute Gasteiger partial charge is 0.396 e. The summed E-state index contributed by atoms with van der Waals surface area (Å²) in [6, 6.07) is 0. The molecular formula is C11H21NO3S. The molecule has 1 atom stereocenters. The molecule has 0 radical (unpaired) electrons. The Hall–Kier alpha value is -0.130. The molecule has 1 aliphatic carbocycles. The van der Waals surface area contributed by atoms with Crippen molar-refractivity contribution in [3.63, 3.8) is 0 Å². The van der Waals surface area contributed by atoms with Crippen molar-refractivity contribution in [2.24, 2.45) is 11.3 Å². The highest BCUT2D eigenvalue weighted by atomic mass is 32.2. The van der Waals surface area contributed by atoms with E-state index in [2.05, 4.69) is 0 Å². The monoisotopic (exact) mass is 247 g/mol. The summed E-state index contributed by atoms with van der Waals surface area (Å²) in [5, 5.41) is 9.28. The fourth-order valence-corrected chi connectivity index (χ4v) is 3.65. The van der Waals surface area contributed by atoms with Crippen LogP contribution in [0.4, 0.5) is 0 Å². The molecule has 4 nitrogen and oxygen atoms in total. The van der Waals surface area contributed by atoms with Crippen molar-refractivity contribution >= 4 is 10.0 Å². The van der Waals surface area contributed by atoms with Crippen molar-refractivity contribution in [3.8, 4) is 0 Å². The van der Waals surface area contributed by atoms with Crippen LogP contribution in [-0.4, -0.2) is 43.8 Å². The summed E-state index contributed by atoms with van der Waals surface area (Å²) in [6.07, 6.45) is 6.56. The van der Waals surface area contributed by atoms with Gasteiger partial charge in [0.2, 0.25) is 10.0 Å². The molecule has 1 saturated carbocycles. The lowest BCUT2D eigenvalue weighted by Gasteiger charge is -2.32. The Balaban J connectivity index is 1.92. The van der Waals surface area contributed by atoms with Gasteiger partial charge in [-0.1, -0.05) is 0 Å². The van der Waals surface area contributed by atoms with Gasteiger partial charge in [-0.25, -0.2) is 12.7 Å². The molecule has 1 aliphatic heterocycles. The molecule has 1 heterocycles. The van der Waals surface area contributed by atoms with Crippen molar-refractivity contribution in [1.29, 1.82) is 0 Å². The fourth-order valence-electron chi connectivity index (χ4n) is 2.71. The van der Waals surface area contributed by atoms with Crippen molar-refractivity contribution in [2.75, 3.05) is 26.0 Å². The van der Waals surface area contributed by atoms with Gasteiger partial charge in [0.25, 0.3) is 0 Å². The average Bonchev–Trinajstić information content (AvgIpc) is 2.98. The van der Waals surface area contributed by atoms with E-state index in [1.807, 2.05) is 0 Å². The number of aliphatic hydroxyl groups is 1. The number of rotatable bonds is 4. The van der Waals surface area contributed by atoms with E-state index in [1.54, 1.807) is 4.31 Å². The van der Waals surface area contributed by atoms with Crippen LogP contribution in [0.15, 0.2) is 0 Å². The Morgan fingerprint density at radius 2 is 2.12 bits per heavy atom. The zero-order chi connectivity index (χ0) is 11.8. The SMILES string of the molecule is CS(=O)(=O)N1CCCC(CC2(CO)CC2)C1. The van der Waals surface area contributed by atoms with Crippen LogP contribution in [0.5, 0.6) is 0 Å². The predicted octanol–water partition coefficient (Wildman–Crippen LogP) is 0.821. The van der Waals surface area contributed by atoms with Gasteiger partial charge in [-0.05, 0) is 43.4 Å². The number of hydrogen-bond acceptors (Lipinski definition) is 3. The summed E-state index contributed by atoms with van der Waals surface area (Å²) in [5.74, 6) is 0.443. The molecule has 0 aromatic carbocycles. The average molecular weight is 247 g/mol. The van der Waals surface area contributed by atoms with Crippen LogP contribution < -0.4 is 0 Å². The van der Waals surface area contributed by atoms with E-state index >= 15 is 0 Å². The molecule has 16 heavy (non-hydrogen) atoms. The second kappa shape index (κ2) is 4.27. The first-order valence-corrected chi connectivity index (χ1v) is 7.86. The Bertz CT molecular complexity index is 348. The minimum Gasteiger partial charge on any atom is -0.396 e. The second-order valence-corrected chi connectivity index (χ2v) is 7.47. The maximum atomic E-state index is 11.5. The van der Waals surface area contributed by atoms with Crippen molar-refractivity contribution in [2.45, 2.75) is 32.1 Å². The lowest BCUT2D eigenvalue weighted by Crippen LogP contribution is -2.40. The van der Waals surface area contributed by atoms with Crippen molar-refractivity contribution < 1.29 is 13.5 Å². The van der Waals surface area contributed by atoms with E-state index in [4.69, 9.17) is 0 Å². The Morgan fingerprint density at radius 1 is 1.44 bits per heavy atom. The van der Waals surface area contributed by atoms with Crippen LogP contribution in [0.1, 0.15) is 32.1 Å². The van der Waals surface area contributed by atoms with Gasteiger partial charge in [-0.2, -0.15) is 0 Å². The van der Waals surface area contributed by atoms with Gasteiger partial charge in [-0.3, -0.25) is 0 Å². The van der Waals surface area contributed by atoms with Gasteiger partial charge in [0.05, 0.1) is 6.26 Å². The molecule has 0 amide bonds. The molecule has 1 unspecified atom stereocenters. The summed E-state index contributed by atoms with van der Waals surface area (Å²) in [4.78, 5) is 0. The molecular weight excluding hydrogens is 226 g/mol. The van der Waals surface area contributed by atoms with Crippen LogP contribution >= 0.6 is 0 Å². The molecule has 1 saturated heterocycles. The summed E-state index contributed by atoms with van der Waals surface area (Å²) in [5.41, 5.74) is 0.144.